The van der Waals surface area contributed by atoms with Gasteiger partial charge in [0.25, 0.3) is 0 Å². The Hall–Kier alpha value is -2.21. The summed E-state index contributed by atoms with van der Waals surface area (Å²) in [5, 5.41) is 9.75. The van der Waals surface area contributed by atoms with Gasteiger partial charge < -0.3 is 26.0 Å². The highest BCUT2D eigenvalue weighted by Crippen LogP contribution is 2.32. The summed E-state index contributed by atoms with van der Waals surface area (Å²) < 4.78 is 10.7. The van der Waals surface area contributed by atoms with Gasteiger partial charge in [-0.25, -0.2) is 4.79 Å². The fraction of sp³-hybridized carbons (Fsp3) is 0.550. The lowest BCUT2D eigenvalue weighted by Gasteiger charge is -2.23. The molecule has 1 fully saturated rings. The number of esters is 1. The lowest BCUT2D eigenvalue weighted by molar-refractivity contribution is -0.141. The van der Waals surface area contributed by atoms with Gasteiger partial charge >= 0.3 is 5.97 Å². The summed E-state index contributed by atoms with van der Waals surface area (Å²) in [5.74, 6) is 0.261. The number of hydrogen-bond donors (Lipinski definition) is 3. The zero-order chi connectivity index (χ0) is 19.1. The third-order valence-electron chi connectivity index (χ3n) is 5.00. The number of benzene rings is 1. The molecule has 5 N–H and O–H groups in total. The number of carbonyl (C=O) groups excluding carboxylic acids is 1. The second-order valence-corrected chi connectivity index (χ2v) is 6.80. The number of phenolic OH excluding ortho intramolecular Hbond substituents is 1. The van der Waals surface area contributed by atoms with Crippen molar-refractivity contribution in [1.82, 2.24) is 0 Å². The third kappa shape index (κ3) is 4.91. The highest BCUT2D eigenvalue weighted by Gasteiger charge is 2.25. The molecule has 1 aliphatic carbocycles. The molecule has 6 nitrogen and oxygen atoms in total. The van der Waals surface area contributed by atoms with Crippen molar-refractivity contribution in [2.24, 2.45) is 17.4 Å². The Kier molecular flexibility index (Phi) is 7.33. The number of aromatic hydroxyl groups is 1. The van der Waals surface area contributed by atoms with Gasteiger partial charge in [0, 0.05) is 5.70 Å². The largest absolute Gasteiger partial charge is 0.504 e. The van der Waals surface area contributed by atoms with Crippen molar-refractivity contribution >= 4 is 5.97 Å². The Morgan fingerprint density at radius 1 is 1.31 bits per heavy atom. The van der Waals surface area contributed by atoms with Gasteiger partial charge in [0.2, 0.25) is 0 Å². The first-order chi connectivity index (χ1) is 12.5. The highest BCUT2D eigenvalue weighted by molar-refractivity contribution is 5.91. The van der Waals surface area contributed by atoms with E-state index in [9.17, 15) is 9.90 Å². The van der Waals surface area contributed by atoms with Crippen LogP contribution in [0.25, 0.3) is 0 Å². The molecule has 1 atom stereocenters. The van der Waals surface area contributed by atoms with E-state index in [1.807, 2.05) is 6.92 Å². The van der Waals surface area contributed by atoms with Crippen LogP contribution in [0.15, 0.2) is 29.5 Å². The van der Waals surface area contributed by atoms with Gasteiger partial charge in [0.1, 0.15) is 0 Å². The predicted octanol–water partition coefficient (Wildman–Crippen LogP) is 3.15. The molecule has 0 aliphatic heterocycles. The Morgan fingerprint density at radius 2 is 2.00 bits per heavy atom. The number of hydrogen-bond acceptors (Lipinski definition) is 6. The molecular formula is C20H30N2O4. The molecule has 1 saturated carbocycles. The molecule has 0 bridgehead atoms. The van der Waals surface area contributed by atoms with Crippen LogP contribution >= 0.6 is 0 Å². The van der Waals surface area contributed by atoms with Crippen LogP contribution in [0.2, 0.25) is 0 Å². The number of rotatable bonds is 7. The minimum absolute atomic E-state index is 0.0114. The Labute approximate surface area is 155 Å². The average Bonchev–Trinajstić information content (AvgIpc) is 2.67. The van der Waals surface area contributed by atoms with E-state index in [0.717, 1.165) is 12.8 Å². The fourth-order valence-corrected chi connectivity index (χ4v) is 3.33. The number of allylic oxidation sites excluding steroid dienone is 1. The first-order valence-corrected chi connectivity index (χ1v) is 9.26. The summed E-state index contributed by atoms with van der Waals surface area (Å²) >= 11 is 0. The van der Waals surface area contributed by atoms with E-state index >= 15 is 0 Å². The van der Waals surface area contributed by atoms with Gasteiger partial charge in [0.15, 0.2) is 11.5 Å². The van der Waals surface area contributed by atoms with Crippen molar-refractivity contribution in [2.75, 3.05) is 13.7 Å². The van der Waals surface area contributed by atoms with Crippen LogP contribution in [-0.2, 0) is 9.53 Å². The normalized spacial score (nSPS) is 17.3. The van der Waals surface area contributed by atoms with Gasteiger partial charge in [-0.15, -0.1) is 0 Å². The standard InChI is InChI=1S/C20H30N2O4/c1-3-15(21)18(20(24)26-12-13-7-5-4-6-8-13)19(22)14-9-10-16(23)17(11-14)25-2/h9-11,13,19,23H,3-8,12,21-22H2,1-2H3/b18-15+. The number of nitrogens with two attached hydrogens (primary N) is 2. The summed E-state index contributed by atoms with van der Waals surface area (Å²) in [5.41, 5.74) is 13.7. The van der Waals surface area contributed by atoms with Crippen LogP contribution in [0.3, 0.4) is 0 Å². The third-order valence-corrected chi connectivity index (χ3v) is 5.00. The Bertz CT molecular complexity index is 651. The van der Waals surface area contributed by atoms with Crippen molar-refractivity contribution in [3.63, 3.8) is 0 Å². The Morgan fingerprint density at radius 3 is 2.62 bits per heavy atom. The smallest absolute Gasteiger partial charge is 0.337 e. The molecular weight excluding hydrogens is 332 g/mol. The van der Waals surface area contributed by atoms with Crippen LogP contribution in [-0.4, -0.2) is 24.8 Å². The summed E-state index contributed by atoms with van der Waals surface area (Å²) in [4.78, 5) is 12.7. The number of ether oxygens (including phenoxy) is 2. The zero-order valence-corrected chi connectivity index (χ0v) is 15.7. The summed E-state index contributed by atoms with van der Waals surface area (Å²) in [7, 11) is 1.46. The fourth-order valence-electron chi connectivity index (χ4n) is 3.33. The first-order valence-electron chi connectivity index (χ1n) is 9.26. The first kappa shape index (κ1) is 20.1. The molecule has 1 aromatic carbocycles. The van der Waals surface area contributed by atoms with E-state index in [1.54, 1.807) is 12.1 Å². The van der Waals surface area contributed by atoms with Crippen molar-refractivity contribution in [1.29, 1.82) is 0 Å². The van der Waals surface area contributed by atoms with Crippen molar-refractivity contribution < 1.29 is 19.4 Å². The number of carbonyl (C=O) groups is 1. The highest BCUT2D eigenvalue weighted by atomic mass is 16.5. The topological polar surface area (TPSA) is 108 Å². The van der Waals surface area contributed by atoms with Gasteiger partial charge in [-0.2, -0.15) is 0 Å². The maximum atomic E-state index is 12.7. The van der Waals surface area contributed by atoms with Crippen LogP contribution in [0.5, 0.6) is 11.5 Å². The van der Waals surface area contributed by atoms with E-state index < -0.39 is 12.0 Å². The molecule has 0 aromatic heterocycles. The van der Waals surface area contributed by atoms with E-state index in [0.29, 0.717) is 36.0 Å². The summed E-state index contributed by atoms with van der Waals surface area (Å²) in [6, 6.07) is 4.00. The molecule has 144 valence electrons. The number of phenols is 1. The summed E-state index contributed by atoms with van der Waals surface area (Å²) in [6.45, 7) is 2.28. The maximum absolute atomic E-state index is 12.7. The molecule has 0 radical (unpaired) electrons. The average molecular weight is 362 g/mol. The van der Waals surface area contributed by atoms with E-state index in [-0.39, 0.29) is 11.3 Å². The van der Waals surface area contributed by atoms with E-state index in [4.69, 9.17) is 20.9 Å². The zero-order valence-electron chi connectivity index (χ0n) is 15.7. The SMILES string of the molecule is CC/C(N)=C(\C(=O)OCC1CCCCC1)C(N)c1ccc(O)c(OC)c1. The summed E-state index contributed by atoms with van der Waals surface area (Å²) in [6.07, 6.45) is 6.32. The quantitative estimate of drug-likeness (QED) is 0.508. The van der Waals surface area contributed by atoms with Crippen LogP contribution in [0.4, 0.5) is 0 Å². The molecule has 1 aliphatic rings. The van der Waals surface area contributed by atoms with E-state index in [2.05, 4.69) is 0 Å². The van der Waals surface area contributed by atoms with Gasteiger partial charge in [-0.05, 0) is 42.9 Å². The molecule has 0 spiro atoms. The minimum Gasteiger partial charge on any atom is -0.504 e. The molecule has 0 amide bonds. The molecule has 1 aromatic rings. The van der Waals surface area contributed by atoms with Crippen molar-refractivity contribution in [2.45, 2.75) is 51.5 Å². The van der Waals surface area contributed by atoms with Crippen molar-refractivity contribution in [3.05, 3.63) is 35.0 Å². The van der Waals surface area contributed by atoms with Gasteiger partial charge in [-0.1, -0.05) is 32.3 Å². The molecule has 1 unspecified atom stereocenters. The molecule has 2 rings (SSSR count). The lowest BCUT2D eigenvalue weighted by atomic mass is 9.90. The van der Waals surface area contributed by atoms with Crippen LogP contribution in [0, 0.1) is 5.92 Å². The molecule has 0 heterocycles. The minimum atomic E-state index is -0.747. The Balaban J connectivity index is 2.17. The molecule has 0 saturated heterocycles. The lowest BCUT2D eigenvalue weighted by Crippen LogP contribution is -2.27. The molecule has 6 heteroatoms. The second-order valence-electron chi connectivity index (χ2n) is 6.80. The van der Waals surface area contributed by atoms with Gasteiger partial charge in [-0.3, -0.25) is 0 Å². The van der Waals surface area contributed by atoms with Crippen molar-refractivity contribution in [3.8, 4) is 11.5 Å². The van der Waals surface area contributed by atoms with Gasteiger partial charge in [0.05, 0.1) is 25.3 Å². The van der Waals surface area contributed by atoms with E-state index in [1.165, 1.54) is 32.4 Å². The maximum Gasteiger partial charge on any atom is 0.337 e. The predicted molar refractivity (Wildman–Crippen MR) is 101 cm³/mol. The van der Waals surface area contributed by atoms with Crippen LogP contribution < -0.4 is 16.2 Å². The second kappa shape index (κ2) is 9.48. The van der Waals surface area contributed by atoms with Crippen LogP contribution in [0.1, 0.15) is 57.1 Å². The monoisotopic (exact) mass is 362 g/mol. The molecule has 26 heavy (non-hydrogen) atoms. The number of methoxy groups -OCH3 is 1.